The molecule has 0 amide bonds. The predicted octanol–water partition coefficient (Wildman–Crippen LogP) is 0.886. The first kappa shape index (κ1) is 10.4. The van der Waals surface area contributed by atoms with Crippen molar-refractivity contribution in [1.82, 2.24) is 9.97 Å². The van der Waals surface area contributed by atoms with Crippen LogP contribution in [-0.2, 0) is 6.42 Å². The zero-order valence-corrected chi connectivity index (χ0v) is 9.24. The normalized spacial score (nSPS) is 16.0. The van der Waals surface area contributed by atoms with Gasteiger partial charge < -0.3 is 10.6 Å². The third-order valence-electron chi connectivity index (χ3n) is 2.87. The van der Waals surface area contributed by atoms with Crippen molar-refractivity contribution in [3.05, 3.63) is 17.5 Å². The van der Waals surface area contributed by atoms with Gasteiger partial charge in [-0.25, -0.2) is 9.97 Å². The van der Waals surface area contributed by atoms with Crippen LogP contribution in [0, 0.1) is 6.92 Å². The first-order chi connectivity index (χ1) is 7.31. The molecule has 2 heterocycles. The van der Waals surface area contributed by atoms with Gasteiger partial charge in [-0.1, -0.05) is 0 Å². The first-order valence-electron chi connectivity index (χ1n) is 5.59. The Morgan fingerprint density at radius 3 is 2.73 bits per heavy atom. The SMILES string of the molecule is Cc1nc(N2CCCC2)ncc1CCN. The molecule has 0 radical (unpaired) electrons. The van der Waals surface area contributed by atoms with Crippen molar-refractivity contribution in [2.75, 3.05) is 24.5 Å². The third-order valence-corrected chi connectivity index (χ3v) is 2.87. The van der Waals surface area contributed by atoms with Crippen molar-refractivity contribution in [3.63, 3.8) is 0 Å². The highest BCUT2D eigenvalue weighted by Crippen LogP contribution is 2.16. The van der Waals surface area contributed by atoms with Crippen LogP contribution >= 0.6 is 0 Å². The van der Waals surface area contributed by atoms with E-state index in [1.54, 1.807) is 0 Å². The molecule has 0 bridgehead atoms. The van der Waals surface area contributed by atoms with Crippen molar-refractivity contribution in [1.29, 1.82) is 0 Å². The maximum absolute atomic E-state index is 5.52. The lowest BCUT2D eigenvalue weighted by Gasteiger charge is -2.16. The summed E-state index contributed by atoms with van der Waals surface area (Å²) in [6.07, 6.45) is 5.30. The summed E-state index contributed by atoms with van der Waals surface area (Å²) < 4.78 is 0. The van der Waals surface area contributed by atoms with Gasteiger partial charge in [0, 0.05) is 25.0 Å². The van der Waals surface area contributed by atoms with Gasteiger partial charge in [0.25, 0.3) is 0 Å². The smallest absolute Gasteiger partial charge is 0.225 e. The predicted molar refractivity (Wildman–Crippen MR) is 61.0 cm³/mol. The molecule has 2 N–H and O–H groups in total. The maximum Gasteiger partial charge on any atom is 0.225 e. The van der Waals surface area contributed by atoms with Gasteiger partial charge >= 0.3 is 0 Å². The van der Waals surface area contributed by atoms with Crippen LogP contribution in [0.4, 0.5) is 5.95 Å². The van der Waals surface area contributed by atoms with E-state index in [1.807, 2.05) is 13.1 Å². The maximum atomic E-state index is 5.52. The number of rotatable bonds is 3. The summed E-state index contributed by atoms with van der Waals surface area (Å²) in [6, 6.07) is 0. The number of nitrogens with two attached hydrogens (primary N) is 1. The van der Waals surface area contributed by atoms with E-state index in [1.165, 1.54) is 18.4 Å². The molecule has 4 nitrogen and oxygen atoms in total. The van der Waals surface area contributed by atoms with Crippen molar-refractivity contribution in [3.8, 4) is 0 Å². The number of aromatic nitrogens is 2. The van der Waals surface area contributed by atoms with E-state index in [0.717, 1.165) is 31.2 Å². The fourth-order valence-electron chi connectivity index (χ4n) is 1.95. The zero-order valence-electron chi connectivity index (χ0n) is 9.24. The summed E-state index contributed by atoms with van der Waals surface area (Å²) in [7, 11) is 0. The van der Waals surface area contributed by atoms with Crippen molar-refractivity contribution >= 4 is 5.95 Å². The number of anilines is 1. The molecule has 1 aromatic rings. The molecule has 1 aliphatic heterocycles. The highest BCUT2D eigenvalue weighted by molar-refractivity contribution is 5.33. The Labute approximate surface area is 90.5 Å². The number of hydrogen-bond donors (Lipinski definition) is 1. The van der Waals surface area contributed by atoms with Crippen LogP contribution in [0.15, 0.2) is 6.20 Å². The van der Waals surface area contributed by atoms with Crippen LogP contribution in [-0.4, -0.2) is 29.6 Å². The molecule has 1 aromatic heterocycles. The Balaban J connectivity index is 2.16. The molecular weight excluding hydrogens is 188 g/mol. The second kappa shape index (κ2) is 4.57. The van der Waals surface area contributed by atoms with Gasteiger partial charge in [0.15, 0.2) is 0 Å². The van der Waals surface area contributed by atoms with E-state index in [2.05, 4.69) is 14.9 Å². The van der Waals surface area contributed by atoms with E-state index in [4.69, 9.17) is 5.73 Å². The fourth-order valence-corrected chi connectivity index (χ4v) is 1.95. The van der Waals surface area contributed by atoms with Crippen LogP contribution < -0.4 is 10.6 Å². The van der Waals surface area contributed by atoms with Crippen LogP contribution in [0.2, 0.25) is 0 Å². The van der Waals surface area contributed by atoms with Crippen LogP contribution in [0.3, 0.4) is 0 Å². The summed E-state index contributed by atoms with van der Waals surface area (Å²) in [5, 5.41) is 0. The van der Waals surface area contributed by atoms with Gasteiger partial charge in [0.05, 0.1) is 0 Å². The molecule has 1 aliphatic rings. The van der Waals surface area contributed by atoms with Gasteiger partial charge in [-0.3, -0.25) is 0 Å². The molecule has 0 saturated carbocycles. The lowest BCUT2D eigenvalue weighted by molar-refractivity contribution is 0.861. The fraction of sp³-hybridized carbons (Fsp3) is 0.636. The highest BCUT2D eigenvalue weighted by Gasteiger charge is 2.15. The minimum Gasteiger partial charge on any atom is -0.341 e. The van der Waals surface area contributed by atoms with Crippen LogP contribution in [0.1, 0.15) is 24.1 Å². The molecule has 2 rings (SSSR count). The lowest BCUT2D eigenvalue weighted by atomic mass is 10.2. The number of nitrogens with zero attached hydrogens (tertiary/aromatic N) is 3. The van der Waals surface area contributed by atoms with E-state index >= 15 is 0 Å². The summed E-state index contributed by atoms with van der Waals surface area (Å²) in [5.41, 5.74) is 7.76. The highest BCUT2D eigenvalue weighted by atomic mass is 15.3. The van der Waals surface area contributed by atoms with Crippen molar-refractivity contribution < 1.29 is 0 Å². The molecule has 0 aromatic carbocycles. The van der Waals surface area contributed by atoms with Gasteiger partial charge in [0.1, 0.15) is 0 Å². The average Bonchev–Trinajstić information content (AvgIpc) is 2.74. The monoisotopic (exact) mass is 206 g/mol. The van der Waals surface area contributed by atoms with Crippen molar-refractivity contribution in [2.45, 2.75) is 26.2 Å². The van der Waals surface area contributed by atoms with Crippen LogP contribution in [0.25, 0.3) is 0 Å². The van der Waals surface area contributed by atoms with E-state index in [0.29, 0.717) is 6.54 Å². The van der Waals surface area contributed by atoms with Crippen molar-refractivity contribution in [2.24, 2.45) is 5.73 Å². The summed E-state index contributed by atoms with van der Waals surface area (Å²) in [6.45, 7) is 4.88. The first-order valence-corrected chi connectivity index (χ1v) is 5.59. The van der Waals surface area contributed by atoms with Crippen LogP contribution in [0.5, 0.6) is 0 Å². The molecule has 15 heavy (non-hydrogen) atoms. The minimum atomic E-state index is 0.660. The Morgan fingerprint density at radius 1 is 1.40 bits per heavy atom. The topological polar surface area (TPSA) is 55.0 Å². The Morgan fingerprint density at radius 2 is 2.13 bits per heavy atom. The van der Waals surface area contributed by atoms with E-state index < -0.39 is 0 Å². The van der Waals surface area contributed by atoms with Gasteiger partial charge in [-0.15, -0.1) is 0 Å². The Bertz CT molecular complexity index is 331. The molecule has 0 aliphatic carbocycles. The zero-order chi connectivity index (χ0) is 10.7. The standard InChI is InChI=1S/C11H18N4/c1-9-10(4-5-12)8-13-11(14-9)15-6-2-3-7-15/h8H,2-7,12H2,1H3. The van der Waals surface area contributed by atoms with Gasteiger partial charge in [-0.2, -0.15) is 0 Å². The van der Waals surface area contributed by atoms with Gasteiger partial charge in [0.2, 0.25) is 5.95 Å². The molecule has 1 fully saturated rings. The average molecular weight is 206 g/mol. The Hall–Kier alpha value is -1.16. The largest absolute Gasteiger partial charge is 0.341 e. The lowest BCUT2D eigenvalue weighted by Crippen LogP contribution is -2.21. The Kier molecular flexibility index (Phi) is 3.16. The molecule has 0 atom stereocenters. The quantitative estimate of drug-likeness (QED) is 0.798. The summed E-state index contributed by atoms with van der Waals surface area (Å²) in [5.74, 6) is 0.880. The second-order valence-corrected chi connectivity index (χ2v) is 4.01. The molecule has 1 saturated heterocycles. The van der Waals surface area contributed by atoms with E-state index in [-0.39, 0.29) is 0 Å². The molecule has 0 unspecified atom stereocenters. The number of hydrogen-bond acceptors (Lipinski definition) is 4. The van der Waals surface area contributed by atoms with E-state index in [9.17, 15) is 0 Å². The molecule has 0 spiro atoms. The molecule has 82 valence electrons. The number of aryl methyl sites for hydroxylation is 1. The third kappa shape index (κ3) is 2.26. The molecular formula is C11H18N4. The van der Waals surface area contributed by atoms with Gasteiger partial charge in [-0.05, 0) is 38.3 Å². The second-order valence-electron chi connectivity index (χ2n) is 4.01. The summed E-state index contributed by atoms with van der Waals surface area (Å²) >= 11 is 0. The summed E-state index contributed by atoms with van der Waals surface area (Å²) in [4.78, 5) is 11.2. The molecule has 4 heteroatoms. The minimum absolute atomic E-state index is 0.660.